The van der Waals surface area contributed by atoms with Gasteiger partial charge in [0.25, 0.3) is 0 Å². The van der Waals surface area contributed by atoms with Crippen molar-refractivity contribution in [3.05, 3.63) is 65.7 Å². The van der Waals surface area contributed by atoms with Crippen molar-refractivity contribution in [1.82, 2.24) is 0 Å². The molecule has 1 saturated heterocycles. The fraction of sp³-hybridized carbons (Fsp3) is 0.316. The highest BCUT2D eigenvalue weighted by atomic mass is 16.5. The summed E-state index contributed by atoms with van der Waals surface area (Å²) < 4.78 is 5.70. The van der Waals surface area contributed by atoms with E-state index >= 15 is 0 Å². The summed E-state index contributed by atoms with van der Waals surface area (Å²) in [6.07, 6.45) is 1.93. The van der Waals surface area contributed by atoms with Crippen molar-refractivity contribution in [2.24, 2.45) is 0 Å². The predicted octanol–water partition coefficient (Wildman–Crippen LogP) is 3.82. The summed E-state index contributed by atoms with van der Waals surface area (Å²) >= 11 is 0. The molecule has 1 fully saturated rings. The van der Waals surface area contributed by atoms with E-state index in [1.807, 2.05) is 49.4 Å². The first-order chi connectivity index (χ1) is 10.7. The van der Waals surface area contributed by atoms with Gasteiger partial charge in [-0.3, -0.25) is 0 Å². The number of carbonyl (C=O) groups excluding carboxylic acids is 1. The van der Waals surface area contributed by atoms with Crippen LogP contribution in [0.25, 0.3) is 0 Å². The number of nitrogens with zero attached hydrogens (tertiary/aromatic N) is 1. The summed E-state index contributed by atoms with van der Waals surface area (Å²) in [5.41, 5.74) is 2.90. The van der Waals surface area contributed by atoms with Gasteiger partial charge in [0.1, 0.15) is 6.10 Å². The molecule has 2 aromatic carbocycles. The van der Waals surface area contributed by atoms with E-state index in [9.17, 15) is 4.79 Å². The molecule has 3 rings (SSSR count). The monoisotopic (exact) mass is 295 g/mol. The van der Waals surface area contributed by atoms with E-state index in [1.54, 1.807) is 0 Å². The van der Waals surface area contributed by atoms with Crippen LogP contribution < -0.4 is 4.90 Å². The minimum absolute atomic E-state index is 0.0398. The minimum atomic E-state index is -0.219. The summed E-state index contributed by atoms with van der Waals surface area (Å²) in [6, 6.07) is 17.9. The number of benzene rings is 2. The number of ether oxygens (including phenoxy) is 1. The molecule has 0 aromatic heterocycles. The van der Waals surface area contributed by atoms with E-state index in [0.717, 1.165) is 31.5 Å². The van der Waals surface area contributed by atoms with Crippen LogP contribution in [0, 0.1) is 6.92 Å². The van der Waals surface area contributed by atoms with E-state index in [-0.39, 0.29) is 12.1 Å². The highest BCUT2D eigenvalue weighted by Crippen LogP contribution is 2.21. The molecular weight excluding hydrogens is 274 g/mol. The lowest BCUT2D eigenvalue weighted by atomic mass is 10.1. The van der Waals surface area contributed by atoms with Gasteiger partial charge in [-0.25, -0.2) is 4.79 Å². The molecule has 0 amide bonds. The Kier molecular flexibility index (Phi) is 4.42. The molecule has 0 aliphatic carbocycles. The molecule has 0 bridgehead atoms. The second-order valence-electron chi connectivity index (χ2n) is 5.82. The van der Waals surface area contributed by atoms with Gasteiger partial charge >= 0.3 is 5.97 Å². The average Bonchev–Trinajstić information content (AvgIpc) is 2.56. The van der Waals surface area contributed by atoms with E-state index in [4.69, 9.17) is 4.74 Å². The van der Waals surface area contributed by atoms with Crippen molar-refractivity contribution >= 4 is 11.7 Å². The molecule has 0 spiro atoms. The van der Waals surface area contributed by atoms with Gasteiger partial charge in [-0.2, -0.15) is 0 Å². The Bertz CT molecular complexity index is 639. The maximum Gasteiger partial charge on any atom is 0.338 e. The predicted molar refractivity (Wildman–Crippen MR) is 88.3 cm³/mol. The first-order valence-corrected chi connectivity index (χ1v) is 7.80. The first-order valence-electron chi connectivity index (χ1n) is 7.80. The molecule has 0 radical (unpaired) electrons. The Balaban J connectivity index is 1.64. The van der Waals surface area contributed by atoms with Crippen LogP contribution >= 0.6 is 0 Å². The van der Waals surface area contributed by atoms with E-state index in [1.165, 1.54) is 5.69 Å². The zero-order chi connectivity index (χ0) is 15.4. The van der Waals surface area contributed by atoms with E-state index < -0.39 is 0 Å². The van der Waals surface area contributed by atoms with Gasteiger partial charge in [0.15, 0.2) is 0 Å². The number of piperidine rings is 1. The van der Waals surface area contributed by atoms with E-state index in [2.05, 4.69) is 17.0 Å². The quantitative estimate of drug-likeness (QED) is 0.806. The number of aryl methyl sites for hydroxylation is 1. The molecule has 22 heavy (non-hydrogen) atoms. The second kappa shape index (κ2) is 6.65. The second-order valence-corrected chi connectivity index (χ2v) is 5.82. The van der Waals surface area contributed by atoms with Crippen LogP contribution in [0.15, 0.2) is 54.6 Å². The van der Waals surface area contributed by atoms with Crippen LogP contribution in [0.1, 0.15) is 28.8 Å². The summed E-state index contributed by atoms with van der Waals surface area (Å²) in [6.45, 7) is 3.76. The van der Waals surface area contributed by atoms with Crippen LogP contribution in [0.3, 0.4) is 0 Å². The Morgan fingerprint density at radius 3 is 2.73 bits per heavy atom. The largest absolute Gasteiger partial charge is 0.457 e. The Morgan fingerprint density at radius 2 is 1.95 bits per heavy atom. The molecule has 3 nitrogen and oxygen atoms in total. The molecule has 1 heterocycles. The van der Waals surface area contributed by atoms with Crippen molar-refractivity contribution in [1.29, 1.82) is 0 Å². The van der Waals surface area contributed by atoms with Gasteiger partial charge in [0, 0.05) is 12.2 Å². The van der Waals surface area contributed by atoms with Crippen molar-refractivity contribution in [3.63, 3.8) is 0 Å². The van der Waals surface area contributed by atoms with Gasteiger partial charge in [0.2, 0.25) is 0 Å². The lowest BCUT2D eigenvalue weighted by molar-refractivity contribution is 0.0269. The fourth-order valence-electron chi connectivity index (χ4n) is 2.90. The number of anilines is 1. The Hall–Kier alpha value is -2.29. The SMILES string of the molecule is Cc1cccc(C(=O)OC2CCCN(c3ccccc3)C2)c1. The Morgan fingerprint density at radius 1 is 1.14 bits per heavy atom. The van der Waals surface area contributed by atoms with Crippen LogP contribution in [0.4, 0.5) is 5.69 Å². The minimum Gasteiger partial charge on any atom is -0.457 e. The maximum atomic E-state index is 12.3. The maximum absolute atomic E-state index is 12.3. The molecule has 1 atom stereocenters. The van der Waals surface area contributed by atoms with Crippen molar-refractivity contribution < 1.29 is 9.53 Å². The smallest absolute Gasteiger partial charge is 0.338 e. The van der Waals surface area contributed by atoms with Crippen LogP contribution in [0.5, 0.6) is 0 Å². The normalized spacial score (nSPS) is 18.0. The lowest BCUT2D eigenvalue weighted by Crippen LogP contribution is -2.40. The van der Waals surface area contributed by atoms with Gasteiger partial charge in [-0.05, 0) is 44.0 Å². The van der Waals surface area contributed by atoms with Crippen molar-refractivity contribution in [2.45, 2.75) is 25.9 Å². The number of para-hydroxylation sites is 1. The topological polar surface area (TPSA) is 29.5 Å². The standard InChI is InChI=1S/C19H21NO2/c1-15-7-5-8-16(13-15)19(21)22-18-11-6-12-20(14-18)17-9-3-2-4-10-17/h2-5,7-10,13,18H,6,11-12,14H2,1H3. The molecule has 1 aliphatic rings. The highest BCUT2D eigenvalue weighted by molar-refractivity contribution is 5.89. The summed E-state index contributed by atoms with van der Waals surface area (Å²) in [7, 11) is 0. The zero-order valence-electron chi connectivity index (χ0n) is 12.9. The lowest BCUT2D eigenvalue weighted by Gasteiger charge is -2.34. The van der Waals surface area contributed by atoms with Gasteiger partial charge in [-0.15, -0.1) is 0 Å². The van der Waals surface area contributed by atoms with Crippen LogP contribution in [-0.4, -0.2) is 25.2 Å². The van der Waals surface area contributed by atoms with Gasteiger partial charge < -0.3 is 9.64 Å². The van der Waals surface area contributed by atoms with E-state index in [0.29, 0.717) is 5.56 Å². The zero-order valence-corrected chi connectivity index (χ0v) is 12.9. The molecular formula is C19H21NO2. The Labute approximate surface area is 131 Å². The summed E-state index contributed by atoms with van der Waals surface area (Å²) in [4.78, 5) is 14.6. The number of hydrogen-bond acceptors (Lipinski definition) is 3. The van der Waals surface area contributed by atoms with Crippen molar-refractivity contribution in [3.8, 4) is 0 Å². The number of rotatable bonds is 3. The number of esters is 1. The molecule has 0 saturated carbocycles. The van der Waals surface area contributed by atoms with Crippen molar-refractivity contribution in [2.75, 3.05) is 18.0 Å². The first kappa shape index (κ1) is 14.6. The van der Waals surface area contributed by atoms with Gasteiger partial charge in [0.05, 0.1) is 12.1 Å². The third-order valence-electron chi connectivity index (χ3n) is 4.03. The summed E-state index contributed by atoms with van der Waals surface area (Å²) in [5.74, 6) is -0.219. The van der Waals surface area contributed by atoms with Gasteiger partial charge in [-0.1, -0.05) is 35.9 Å². The number of carbonyl (C=O) groups is 1. The van der Waals surface area contributed by atoms with Crippen LogP contribution in [-0.2, 0) is 4.74 Å². The molecule has 1 unspecified atom stereocenters. The highest BCUT2D eigenvalue weighted by Gasteiger charge is 2.23. The third kappa shape index (κ3) is 3.48. The number of hydrogen-bond donors (Lipinski definition) is 0. The molecule has 0 N–H and O–H groups in total. The molecule has 2 aromatic rings. The average molecular weight is 295 g/mol. The fourth-order valence-corrected chi connectivity index (χ4v) is 2.90. The molecule has 3 heteroatoms. The molecule has 1 aliphatic heterocycles. The molecule has 114 valence electrons. The van der Waals surface area contributed by atoms with Crippen LogP contribution in [0.2, 0.25) is 0 Å². The summed E-state index contributed by atoms with van der Waals surface area (Å²) in [5, 5.41) is 0. The third-order valence-corrected chi connectivity index (χ3v) is 4.03.